The van der Waals surface area contributed by atoms with Crippen LogP contribution >= 0.6 is 0 Å². The molecule has 1 aliphatic heterocycles. The zero-order chi connectivity index (χ0) is 16.9. The van der Waals surface area contributed by atoms with E-state index in [2.05, 4.69) is 57.0 Å². The molecule has 7 heteroatoms. The van der Waals surface area contributed by atoms with Gasteiger partial charge in [0.1, 0.15) is 0 Å². The normalized spacial score (nSPS) is 19.0. The van der Waals surface area contributed by atoms with E-state index in [0.717, 1.165) is 50.5 Å². The summed E-state index contributed by atoms with van der Waals surface area (Å²) in [5.74, 6) is 0.990. The highest BCUT2D eigenvalue weighted by molar-refractivity contribution is 5.06. The van der Waals surface area contributed by atoms with Crippen LogP contribution in [-0.4, -0.2) is 47.5 Å². The molecule has 3 rings (SSSR count). The predicted octanol–water partition coefficient (Wildman–Crippen LogP) is 2.34. The number of hydrogen-bond donors (Lipinski definition) is 0. The number of aryl methyl sites for hydroxylation is 3. The fourth-order valence-electron chi connectivity index (χ4n) is 3.53. The van der Waals surface area contributed by atoms with E-state index in [1.807, 2.05) is 4.68 Å². The number of likely N-dealkylation sites (tertiary alicyclic amines) is 1. The molecule has 132 valence electrons. The summed E-state index contributed by atoms with van der Waals surface area (Å²) in [6, 6.07) is 2.66. The average Bonchev–Trinajstić information content (AvgIpc) is 3.13. The molecule has 0 spiro atoms. The van der Waals surface area contributed by atoms with Gasteiger partial charge in [-0.05, 0) is 56.1 Å². The maximum absolute atomic E-state index is 4.64. The van der Waals surface area contributed by atoms with Crippen LogP contribution in [0.15, 0.2) is 6.07 Å². The van der Waals surface area contributed by atoms with E-state index in [9.17, 15) is 0 Å². The molecule has 1 fully saturated rings. The number of hydrogen-bond acceptors (Lipinski definition) is 5. The third-order valence-corrected chi connectivity index (χ3v) is 4.91. The molecular weight excluding hydrogens is 302 g/mol. The quantitative estimate of drug-likeness (QED) is 0.779. The van der Waals surface area contributed by atoms with Gasteiger partial charge in [-0.15, -0.1) is 5.10 Å². The van der Waals surface area contributed by atoms with Crippen LogP contribution in [0.1, 0.15) is 56.2 Å². The summed E-state index contributed by atoms with van der Waals surface area (Å²) in [6.45, 7) is 10.2. The van der Waals surface area contributed by atoms with E-state index in [1.165, 1.54) is 25.0 Å². The molecule has 24 heavy (non-hydrogen) atoms. The highest BCUT2D eigenvalue weighted by Crippen LogP contribution is 2.21. The first kappa shape index (κ1) is 17.1. The lowest BCUT2D eigenvalue weighted by atomic mass is 10.0. The molecule has 0 aliphatic carbocycles. The summed E-state index contributed by atoms with van der Waals surface area (Å²) >= 11 is 0. The zero-order valence-electron chi connectivity index (χ0n) is 15.1. The van der Waals surface area contributed by atoms with Gasteiger partial charge in [0.15, 0.2) is 5.82 Å². The van der Waals surface area contributed by atoms with Crippen LogP contribution in [-0.2, 0) is 19.6 Å². The van der Waals surface area contributed by atoms with Gasteiger partial charge in [0.05, 0.1) is 18.8 Å². The lowest BCUT2D eigenvalue weighted by molar-refractivity contribution is 0.116. The first-order chi connectivity index (χ1) is 11.7. The second-order valence-electron chi connectivity index (χ2n) is 6.90. The van der Waals surface area contributed by atoms with Crippen molar-refractivity contribution in [3.63, 3.8) is 0 Å². The Morgan fingerprint density at radius 3 is 2.83 bits per heavy atom. The van der Waals surface area contributed by atoms with E-state index in [1.54, 1.807) is 0 Å². The van der Waals surface area contributed by atoms with Crippen LogP contribution in [0.5, 0.6) is 0 Å². The molecule has 2 aromatic rings. The van der Waals surface area contributed by atoms with Gasteiger partial charge in [0, 0.05) is 18.3 Å². The minimum atomic E-state index is 0.507. The molecule has 2 aromatic heterocycles. The van der Waals surface area contributed by atoms with Crippen LogP contribution in [0.3, 0.4) is 0 Å². The topological polar surface area (TPSA) is 64.7 Å². The van der Waals surface area contributed by atoms with E-state index in [4.69, 9.17) is 0 Å². The molecule has 0 aromatic carbocycles. The molecule has 0 amide bonds. The van der Waals surface area contributed by atoms with Gasteiger partial charge in [0.2, 0.25) is 0 Å². The maximum atomic E-state index is 4.64. The van der Waals surface area contributed by atoms with E-state index in [0.29, 0.717) is 6.04 Å². The predicted molar refractivity (Wildman–Crippen MR) is 92.5 cm³/mol. The lowest BCUT2D eigenvalue weighted by Crippen LogP contribution is -2.42. The first-order valence-electron chi connectivity index (χ1n) is 9.17. The molecular formula is C17H29N7. The zero-order valence-corrected chi connectivity index (χ0v) is 15.1. The summed E-state index contributed by atoms with van der Waals surface area (Å²) in [5.41, 5.74) is 2.34. The van der Waals surface area contributed by atoms with Crippen molar-refractivity contribution in [1.29, 1.82) is 0 Å². The molecule has 0 bridgehead atoms. The fraction of sp³-hybridized carbons (Fsp3) is 0.765. The summed E-state index contributed by atoms with van der Waals surface area (Å²) in [4.78, 5) is 2.54. The number of nitrogens with zero attached hydrogens (tertiary/aromatic N) is 7. The third kappa shape index (κ3) is 4.01. The minimum Gasteiger partial charge on any atom is -0.291 e. The Morgan fingerprint density at radius 2 is 2.08 bits per heavy atom. The number of unbranched alkanes of at least 4 members (excludes halogenated alkanes) is 1. The van der Waals surface area contributed by atoms with Crippen molar-refractivity contribution in [2.75, 3.05) is 6.54 Å². The van der Waals surface area contributed by atoms with Crippen molar-refractivity contribution in [3.05, 3.63) is 23.3 Å². The molecule has 3 heterocycles. The van der Waals surface area contributed by atoms with Crippen molar-refractivity contribution in [2.24, 2.45) is 0 Å². The second-order valence-corrected chi connectivity index (χ2v) is 6.90. The molecule has 1 saturated heterocycles. The van der Waals surface area contributed by atoms with Gasteiger partial charge in [-0.3, -0.25) is 9.58 Å². The van der Waals surface area contributed by atoms with Gasteiger partial charge in [-0.1, -0.05) is 19.8 Å². The summed E-state index contributed by atoms with van der Waals surface area (Å²) in [7, 11) is 0. The highest BCUT2D eigenvalue weighted by atomic mass is 15.5. The van der Waals surface area contributed by atoms with Gasteiger partial charge in [-0.2, -0.15) is 5.10 Å². The van der Waals surface area contributed by atoms with Gasteiger partial charge >= 0.3 is 0 Å². The Balaban J connectivity index is 1.68. The standard InChI is InChI=1S/C17H29N7/c1-4-5-10-23-17(18-20-21-23)13-22-9-7-6-8-16(22)12-24-15(3)11-14(2)19-24/h11,16H,4-10,12-13H2,1-3H3/t16-/m0/s1. The molecule has 1 atom stereocenters. The smallest absolute Gasteiger partial charge is 0.165 e. The summed E-state index contributed by atoms with van der Waals surface area (Å²) in [5, 5.41) is 16.9. The Hall–Kier alpha value is -1.76. The van der Waals surface area contributed by atoms with Crippen molar-refractivity contribution in [2.45, 2.75) is 78.6 Å². The molecule has 0 radical (unpaired) electrons. The van der Waals surface area contributed by atoms with E-state index >= 15 is 0 Å². The largest absolute Gasteiger partial charge is 0.291 e. The van der Waals surface area contributed by atoms with Gasteiger partial charge in [0.25, 0.3) is 0 Å². The SMILES string of the molecule is CCCCn1nnnc1CN1CCCC[C@H]1Cn1nc(C)cc1C. The number of rotatable bonds is 7. The molecule has 0 saturated carbocycles. The third-order valence-electron chi connectivity index (χ3n) is 4.91. The van der Waals surface area contributed by atoms with Crippen LogP contribution in [0.2, 0.25) is 0 Å². The summed E-state index contributed by atoms with van der Waals surface area (Å²) < 4.78 is 4.12. The summed E-state index contributed by atoms with van der Waals surface area (Å²) in [6.07, 6.45) is 6.04. The van der Waals surface area contributed by atoms with Crippen LogP contribution < -0.4 is 0 Å². The minimum absolute atomic E-state index is 0.507. The van der Waals surface area contributed by atoms with Gasteiger partial charge < -0.3 is 0 Å². The van der Waals surface area contributed by atoms with Crippen molar-refractivity contribution >= 4 is 0 Å². The first-order valence-corrected chi connectivity index (χ1v) is 9.17. The second kappa shape index (κ2) is 7.88. The lowest BCUT2D eigenvalue weighted by Gasteiger charge is -2.35. The average molecular weight is 331 g/mol. The number of aromatic nitrogens is 6. The molecule has 0 N–H and O–H groups in total. The molecule has 0 unspecified atom stereocenters. The van der Waals surface area contributed by atoms with Crippen LogP contribution in [0, 0.1) is 13.8 Å². The van der Waals surface area contributed by atoms with Gasteiger partial charge in [-0.25, -0.2) is 4.68 Å². The Morgan fingerprint density at radius 1 is 1.21 bits per heavy atom. The highest BCUT2D eigenvalue weighted by Gasteiger charge is 2.25. The Labute approximate surface area is 144 Å². The fourth-order valence-corrected chi connectivity index (χ4v) is 3.53. The maximum Gasteiger partial charge on any atom is 0.165 e. The monoisotopic (exact) mass is 331 g/mol. The number of tetrazole rings is 1. The van der Waals surface area contributed by atoms with Crippen molar-refractivity contribution in [1.82, 2.24) is 34.9 Å². The Kier molecular flexibility index (Phi) is 5.60. The van der Waals surface area contributed by atoms with E-state index in [-0.39, 0.29) is 0 Å². The molecule has 1 aliphatic rings. The number of piperidine rings is 1. The van der Waals surface area contributed by atoms with Crippen molar-refractivity contribution < 1.29 is 0 Å². The van der Waals surface area contributed by atoms with E-state index < -0.39 is 0 Å². The van der Waals surface area contributed by atoms with Crippen molar-refractivity contribution in [3.8, 4) is 0 Å². The van der Waals surface area contributed by atoms with Crippen LogP contribution in [0.4, 0.5) is 0 Å². The Bertz CT molecular complexity index is 645. The molecule has 7 nitrogen and oxygen atoms in total. The van der Waals surface area contributed by atoms with Crippen LogP contribution in [0.25, 0.3) is 0 Å².